The normalized spacial score (nSPS) is 11.1. The summed E-state index contributed by atoms with van der Waals surface area (Å²) < 4.78 is 4.30. The van der Waals surface area contributed by atoms with Crippen LogP contribution in [0.25, 0.3) is 0 Å². The highest BCUT2D eigenvalue weighted by molar-refractivity contribution is 7.10. The van der Waals surface area contributed by atoms with Gasteiger partial charge in [0.2, 0.25) is 0 Å². The van der Waals surface area contributed by atoms with E-state index in [2.05, 4.69) is 15.4 Å². The quantitative estimate of drug-likeness (QED) is 0.779. The molecule has 0 aliphatic carbocycles. The number of benzene rings is 1. The van der Waals surface area contributed by atoms with Crippen molar-refractivity contribution in [1.29, 1.82) is 5.26 Å². The maximum absolute atomic E-state index is 9.20. The highest BCUT2D eigenvalue weighted by Crippen LogP contribution is 2.31. The van der Waals surface area contributed by atoms with Crippen molar-refractivity contribution in [3.05, 3.63) is 46.1 Å². The molecule has 0 bridgehead atoms. The lowest BCUT2D eigenvalue weighted by Crippen LogP contribution is -1.90. The number of halogens is 1. The molecular formula is C14H12ClN3S. The monoisotopic (exact) mass is 289 g/mol. The molecule has 0 amide bonds. The summed E-state index contributed by atoms with van der Waals surface area (Å²) in [6.07, 6.45) is 1.70. The van der Waals surface area contributed by atoms with Gasteiger partial charge in [-0.2, -0.15) is 9.64 Å². The van der Waals surface area contributed by atoms with Crippen LogP contribution in [0.3, 0.4) is 0 Å². The van der Waals surface area contributed by atoms with Crippen LogP contribution in [0, 0.1) is 11.3 Å². The maximum atomic E-state index is 9.20. The van der Waals surface area contributed by atoms with Gasteiger partial charge in [0.1, 0.15) is 11.6 Å². The molecule has 0 aliphatic rings. The summed E-state index contributed by atoms with van der Waals surface area (Å²) >= 11 is 7.16. The molecule has 2 aromatic rings. The molecule has 0 spiro atoms. The zero-order chi connectivity index (χ0) is 13.8. The third kappa shape index (κ3) is 3.19. The van der Waals surface area contributed by atoms with Gasteiger partial charge in [0.25, 0.3) is 0 Å². The Balaban J connectivity index is 2.32. The van der Waals surface area contributed by atoms with E-state index in [0.717, 1.165) is 11.3 Å². The van der Waals surface area contributed by atoms with Gasteiger partial charge in [0.05, 0.1) is 5.69 Å². The van der Waals surface area contributed by atoms with E-state index >= 15 is 0 Å². The van der Waals surface area contributed by atoms with E-state index in [-0.39, 0.29) is 5.92 Å². The van der Waals surface area contributed by atoms with Crippen LogP contribution in [0.2, 0.25) is 5.02 Å². The van der Waals surface area contributed by atoms with E-state index in [1.54, 1.807) is 6.21 Å². The summed E-state index contributed by atoms with van der Waals surface area (Å²) in [6.45, 7) is 4.03. The van der Waals surface area contributed by atoms with E-state index in [9.17, 15) is 5.26 Å². The first kappa shape index (κ1) is 13.7. The standard InChI is InChI=1S/C14H12ClN3S/c1-9(2)13-12(7-16)14(19-18-13)17-8-10-4-3-5-11(15)6-10/h3-6,8-9H,1-2H3/b17-8+. The Labute approximate surface area is 121 Å². The number of aliphatic imine (C=N–C) groups is 1. The zero-order valence-corrected chi connectivity index (χ0v) is 12.2. The molecule has 0 saturated carbocycles. The van der Waals surface area contributed by atoms with Gasteiger partial charge >= 0.3 is 0 Å². The summed E-state index contributed by atoms with van der Waals surface area (Å²) in [6, 6.07) is 9.58. The number of hydrogen-bond donors (Lipinski definition) is 0. The second-order valence-corrected chi connectivity index (χ2v) is 5.52. The molecule has 0 saturated heterocycles. The lowest BCUT2D eigenvalue weighted by molar-refractivity contribution is 0.837. The Hall–Kier alpha value is -1.70. The van der Waals surface area contributed by atoms with E-state index in [1.165, 1.54) is 11.5 Å². The molecule has 0 aliphatic heterocycles. The van der Waals surface area contributed by atoms with Gasteiger partial charge in [-0.3, -0.25) is 0 Å². The molecule has 3 nitrogen and oxygen atoms in total. The van der Waals surface area contributed by atoms with Gasteiger partial charge < -0.3 is 0 Å². The Kier molecular flexibility index (Phi) is 4.31. The van der Waals surface area contributed by atoms with Gasteiger partial charge in [0.15, 0.2) is 5.00 Å². The maximum Gasteiger partial charge on any atom is 0.154 e. The Bertz CT molecular complexity index is 653. The lowest BCUT2D eigenvalue weighted by Gasteiger charge is -1.98. The van der Waals surface area contributed by atoms with Crippen molar-refractivity contribution in [3.8, 4) is 6.07 Å². The predicted molar refractivity (Wildman–Crippen MR) is 79.6 cm³/mol. The van der Waals surface area contributed by atoms with Gasteiger partial charge in [-0.1, -0.05) is 37.6 Å². The van der Waals surface area contributed by atoms with E-state index in [1.807, 2.05) is 38.1 Å². The van der Waals surface area contributed by atoms with Crippen LogP contribution < -0.4 is 0 Å². The molecular weight excluding hydrogens is 278 g/mol. The number of nitrogens with zero attached hydrogens (tertiary/aromatic N) is 3. The topological polar surface area (TPSA) is 49.0 Å². The van der Waals surface area contributed by atoms with Crippen LogP contribution in [0.15, 0.2) is 29.3 Å². The van der Waals surface area contributed by atoms with Crippen LogP contribution in [0.4, 0.5) is 5.00 Å². The predicted octanol–water partition coefficient (Wildman–Crippen LogP) is 4.54. The highest BCUT2D eigenvalue weighted by Gasteiger charge is 2.15. The molecule has 96 valence electrons. The molecule has 1 aromatic carbocycles. The Morgan fingerprint density at radius 3 is 2.89 bits per heavy atom. The molecule has 0 radical (unpaired) electrons. The van der Waals surface area contributed by atoms with Crippen molar-refractivity contribution >= 4 is 34.3 Å². The molecule has 1 heterocycles. The molecule has 2 rings (SSSR count). The fourth-order valence-corrected chi connectivity index (χ4v) is 2.63. The average molecular weight is 290 g/mol. The first-order chi connectivity index (χ1) is 9.11. The largest absolute Gasteiger partial charge is 0.242 e. The minimum absolute atomic E-state index is 0.223. The Morgan fingerprint density at radius 2 is 2.26 bits per heavy atom. The van der Waals surface area contributed by atoms with Crippen LogP contribution in [0.1, 0.15) is 36.6 Å². The number of aromatic nitrogens is 1. The summed E-state index contributed by atoms with van der Waals surface area (Å²) in [5.74, 6) is 0.223. The molecule has 0 unspecified atom stereocenters. The number of nitriles is 1. The lowest BCUT2D eigenvalue weighted by atomic mass is 10.1. The van der Waals surface area contributed by atoms with Crippen molar-refractivity contribution in [2.24, 2.45) is 4.99 Å². The molecule has 0 N–H and O–H groups in total. The third-order valence-electron chi connectivity index (χ3n) is 2.54. The van der Waals surface area contributed by atoms with Crippen molar-refractivity contribution in [2.75, 3.05) is 0 Å². The van der Waals surface area contributed by atoms with E-state index < -0.39 is 0 Å². The van der Waals surface area contributed by atoms with Crippen LogP contribution >= 0.6 is 23.1 Å². The fourth-order valence-electron chi connectivity index (χ4n) is 1.60. The first-order valence-corrected chi connectivity index (χ1v) is 6.96. The third-order valence-corrected chi connectivity index (χ3v) is 3.54. The molecule has 1 aromatic heterocycles. The summed E-state index contributed by atoms with van der Waals surface area (Å²) in [4.78, 5) is 4.34. The van der Waals surface area contributed by atoms with Gasteiger partial charge in [-0.15, -0.1) is 0 Å². The van der Waals surface area contributed by atoms with Crippen LogP contribution in [-0.2, 0) is 0 Å². The zero-order valence-electron chi connectivity index (χ0n) is 10.6. The van der Waals surface area contributed by atoms with Gasteiger partial charge in [-0.05, 0) is 35.1 Å². The second-order valence-electron chi connectivity index (χ2n) is 4.33. The number of hydrogen-bond acceptors (Lipinski definition) is 4. The molecule has 5 heteroatoms. The van der Waals surface area contributed by atoms with Crippen molar-refractivity contribution in [3.63, 3.8) is 0 Å². The Morgan fingerprint density at radius 1 is 1.47 bits per heavy atom. The number of rotatable bonds is 3. The van der Waals surface area contributed by atoms with Gasteiger partial charge in [0, 0.05) is 11.2 Å². The van der Waals surface area contributed by atoms with Gasteiger partial charge in [-0.25, -0.2) is 4.99 Å². The minimum atomic E-state index is 0.223. The minimum Gasteiger partial charge on any atom is -0.242 e. The van der Waals surface area contributed by atoms with E-state index in [0.29, 0.717) is 15.6 Å². The fraction of sp³-hybridized carbons (Fsp3) is 0.214. The van der Waals surface area contributed by atoms with Crippen LogP contribution in [-0.4, -0.2) is 10.6 Å². The molecule has 0 fully saturated rings. The van der Waals surface area contributed by atoms with Crippen LogP contribution in [0.5, 0.6) is 0 Å². The average Bonchev–Trinajstić information content (AvgIpc) is 2.79. The van der Waals surface area contributed by atoms with Crippen molar-refractivity contribution in [1.82, 2.24) is 4.37 Å². The van der Waals surface area contributed by atoms with Crippen molar-refractivity contribution < 1.29 is 0 Å². The first-order valence-electron chi connectivity index (χ1n) is 5.81. The SMILES string of the molecule is CC(C)c1nsc(/N=C/c2cccc(Cl)c2)c1C#N. The highest BCUT2D eigenvalue weighted by atomic mass is 35.5. The second kappa shape index (κ2) is 5.96. The smallest absolute Gasteiger partial charge is 0.154 e. The summed E-state index contributed by atoms with van der Waals surface area (Å²) in [5.41, 5.74) is 2.28. The van der Waals surface area contributed by atoms with Crippen molar-refractivity contribution in [2.45, 2.75) is 19.8 Å². The molecule has 0 atom stereocenters. The summed E-state index contributed by atoms with van der Waals surface area (Å²) in [5, 5.41) is 10.5. The molecule has 19 heavy (non-hydrogen) atoms. The van der Waals surface area contributed by atoms with E-state index in [4.69, 9.17) is 11.6 Å². The summed E-state index contributed by atoms with van der Waals surface area (Å²) in [7, 11) is 0.